The normalized spacial score (nSPS) is 16.1. The molecule has 0 spiro atoms. The molecule has 1 amide bonds. The van der Waals surface area contributed by atoms with E-state index in [4.69, 9.17) is 0 Å². The van der Waals surface area contributed by atoms with Crippen LogP contribution in [0.15, 0.2) is 48.5 Å². The maximum atomic E-state index is 12.5. The number of benzene rings is 2. The number of nitrogens with one attached hydrogen (secondary N) is 1. The van der Waals surface area contributed by atoms with Crippen LogP contribution < -0.4 is 5.32 Å². The van der Waals surface area contributed by atoms with E-state index in [0.29, 0.717) is 24.2 Å². The lowest BCUT2D eigenvalue weighted by Crippen LogP contribution is -2.29. The first-order valence-corrected chi connectivity index (χ1v) is 11.5. The minimum absolute atomic E-state index is 0.0188. The fourth-order valence-corrected chi connectivity index (χ4v) is 5.04. The van der Waals surface area contributed by atoms with Crippen LogP contribution in [0, 0.1) is 0 Å². The summed E-state index contributed by atoms with van der Waals surface area (Å²) in [6, 6.07) is 15.0. The molecule has 2 aromatic rings. The fraction of sp³-hybridized carbons (Fsp3) is 0.409. The molecule has 0 saturated carbocycles. The van der Waals surface area contributed by atoms with Crippen molar-refractivity contribution in [2.24, 2.45) is 0 Å². The molecule has 1 saturated heterocycles. The van der Waals surface area contributed by atoms with Gasteiger partial charge in [0.15, 0.2) is 0 Å². The van der Waals surface area contributed by atoms with Crippen LogP contribution in [-0.2, 0) is 22.2 Å². The summed E-state index contributed by atoms with van der Waals surface area (Å²) in [7, 11) is -3.27. The van der Waals surface area contributed by atoms with Gasteiger partial charge in [-0.05, 0) is 55.0 Å². The van der Waals surface area contributed by atoms with E-state index in [0.717, 1.165) is 24.8 Å². The molecular weight excluding hydrogens is 372 g/mol. The molecule has 1 aliphatic rings. The molecule has 3 rings (SSSR count). The predicted molar refractivity (Wildman–Crippen MR) is 112 cm³/mol. The standard InChI is InChI=1S/C22H28N2O3S/c1-3-18-6-10-20(11-7-18)17(2)23-22(25)21-12-8-19(9-13-21)16-28(26,27)24-14-4-5-15-24/h6-13,17H,3-5,14-16H2,1-2H3,(H,23,25). The first-order chi connectivity index (χ1) is 13.4. The molecule has 1 unspecified atom stereocenters. The lowest BCUT2D eigenvalue weighted by atomic mass is 10.0. The van der Waals surface area contributed by atoms with Gasteiger partial charge in [-0.3, -0.25) is 4.79 Å². The number of nitrogens with zero attached hydrogens (tertiary/aromatic N) is 1. The van der Waals surface area contributed by atoms with Crippen molar-refractivity contribution in [3.8, 4) is 0 Å². The van der Waals surface area contributed by atoms with Gasteiger partial charge in [0, 0.05) is 18.7 Å². The van der Waals surface area contributed by atoms with Gasteiger partial charge in [0.2, 0.25) is 10.0 Å². The third-order valence-corrected chi connectivity index (χ3v) is 7.11. The van der Waals surface area contributed by atoms with Gasteiger partial charge in [0.25, 0.3) is 5.91 Å². The number of hydrogen-bond acceptors (Lipinski definition) is 3. The third kappa shape index (κ3) is 5.00. The minimum Gasteiger partial charge on any atom is -0.346 e. The Morgan fingerprint density at radius 1 is 1.00 bits per heavy atom. The average molecular weight is 401 g/mol. The lowest BCUT2D eigenvalue weighted by Gasteiger charge is -2.16. The van der Waals surface area contributed by atoms with E-state index < -0.39 is 10.0 Å². The molecule has 1 fully saturated rings. The second kappa shape index (κ2) is 8.88. The maximum absolute atomic E-state index is 12.5. The number of carbonyl (C=O) groups excluding carboxylic acids is 1. The summed E-state index contributed by atoms with van der Waals surface area (Å²) < 4.78 is 26.4. The van der Waals surface area contributed by atoms with E-state index >= 15 is 0 Å². The molecule has 1 N–H and O–H groups in total. The monoisotopic (exact) mass is 400 g/mol. The Kier molecular flexibility index (Phi) is 6.52. The molecule has 0 radical (unpaired) electrons. The van der Waals surface area contributed by atoms with E-state index in [1.54, 1.807) is 28.6 Å². The van der Waals surface area contributed by atoms with Crippen molar-refractivity contribution in [3.05, 3.63) is 70.8 Å². The summed E-state index contributed by atoms with van der Waals surface area (Å²) in [6.45, 7) is 5.29. The summed E-state index contributed by atoms with van der Waals surface area (Å²) in [5.41, 5.74) is 3.55. The van der Waals surface area contributed by atoms with Gasteiger partial charge in [-0.1, -0.05) is 43.3 Å². The number of amides is 1. The van der Waals surface area contributed by atoms with Crippen LogP contribution in [0.1, 0.15) is 59.8 Å². The topological polar surface area (TPSA) is 66.5 Å². The Hall–Kier alpha value is -2.18. The molecule has 5 nitrogen and oxygen atoms in total. The molecule has 0 aliphatic carbocycles. The Morgan fingerprint density at radius 3 is 2.14 bits per heavy atom. The van der Waals surface area contributed by atoms with Gasteiger partial charge in [-0.2, -0.15) is 0 Å². The van der Waals surface area contributed by atoms with Crippen LogP contribution in [-0.4, -0.2) is 31.7 Å². The van der Waals surface area contributed by atoms with Crippen molar-refractivity contribution in [3.63, 3.8) is 0 Å². The summed E-state index contributed by atoms with van der Waals surface area (Å²) >= 11 is 0. The van der Waals surface area contributed by atoms with Crippen LogP contribution >= 0.6 is 0 Å². The molecule has 2 aromatic carbocycles. The van der Waals surface area contributed by atoms with Gasteiger partial charge in [-0.25, -0.2) is 12.7 Å². The largest absolute Gasteiger partial charge is 0.346 e. The van der Waals surface area contributed by atoms with Crippen LogP contribution in [0.5, 0.6) is 0 Å². The first-order valence-electron chi connectivity index (χ1n) is 9.85. The molecule has 6 heteroatoms. The van der Waals surface area contributed by atoms with E-state index in [1.165, 1.54) is 5.56 Å². The van der Waals surface area contributed by atoms with Crippen LogP contribution in [0.3, 0.4) is 0 Å². The van der Waals surface area contributed by atoms with Crippen molar-refractivity contribution in [1.82, 2.24) is 9.62 Å². The maximum Gasteiger partial charge on any atom is 0.251 e. The van der Waals surface area contributed by atoms with E-state index in [-0.39, 0.29) is 17.7 Å². The van der Waals surface area contributed by atoms with Gasteiger partial charge < -0.3 is 5.32 Å². The molecule has 0 bridgehead atoms. The fourth-order valence-electron chi connectivity index (χ4n) is 3.43. The SMILES string of the molecule is CCc1ccc(C(C)NC(=O)c2ccc(CS(=O)(=O)N3CCCC3)cc2)cc1. The zero-order chi connectivity index (χ0) is 20.1. The van der Waals surface area contributed by atoms with E-state index in [1.807, 2.05) is 19.1 Å². The summed E-state index contributed by atoms with van der Waals surface area (Å²) in [5, 5.41) is 3.00. The molecule has 1 atom stereocenters. The van der Waals surface area contributed by atoms with Crippen molar-refractivity contribution < 1.29 is 13.2 Å². The van der Waals surface area contributed by atoms with Crippen LogP contribution in [0.2, 0.25) is 0 Å². The van der Waals surface area contributed by atoms with Gasteiger partial charge >= 0.3 is 0 Å². The number of hydrogen-bond donors (Lipinski definition) is 1. The molecule has 1 aliphatic heterocycles. The summed E-state index contributed by atoms with van der Waals surface area (Å²) in [6.07, 6.45) is 2.84. The third-order valence-electron chi connectivity index (χ3n) is 5.26. The van der Waals surface area contributed by atoms with Crippen molar-refractivity contribution in [2.45, 2.75) is 44.9 Å². The highest BCUT2D eigenvalue weighted by atomic mass is 32.2. The first kappa shape index (κ1) is 20.6. The second-order valence-electron chi connectivity index (χ2n) is 7.35. The van der Waals surface area contributed by atoms with Crippen LogP contribution in [0.4, 0.5) is 0 Å². The van der Waals surface area contributed by atoms with E-state index in [9.17, 15) is 13.2 Å². The molecule has 150 valence electrons. The van der Waals surface area contributed by atoms with Crippen molar-refractivity contribution in [2.75, 3.05) is 13.1 Å². The van der Waals surface area contributed by atoms with Gasteiger partial charge in [0.05, 0.1) is 11.8 Å². The highest BCUT2D eigenvalue weighted by Gasteiger charge is 2.25. The number of aryl methyl sites for hydroxylation is 1. The highest BCUT2D eigenvalue weighted by molar-refractivity contribution is 7.88. The molecular formula is C22H28N2O3S. The second-order valence-corrected chi connectivity index (χ2v) is 9.32. The molecule has 1 heterocycles. The Bertz CT molecular complexity index is 900. The van der Waals surface area contributed by atoms with Gasteiger partial charge in [-0.15, -0.1) is 0 Å². The Labute approximate surface area is 167 Å². The molecule has 28 heavy (non-hydrogen) atoms. The predicted octanol–water partition coefficient (Wildman–Crippen LogP) is 3.67. The average Bonchev–Trinajstić information content (AvgIpc) is 3.24. The van der Waals surface area contributed by atoms with Crippen molar-refractivity contribution >= 4 is 15.9 Å². The summed E-state index contributed by atoms with van der Waals surface area (Å²) in [5.74, 6) is -0.184. The Balaban J connectivity index is 1.61. The summed E-state index contributed by atoms with van der Waals surface area (Å²) in [4.78, 5) is 12.5. The minimum atomic E-state index is -3.27. The lowest BCUT2D eigenvalue weighted by molar-refractivity contribution is 0.0940. The quantitative estimate of drug-likeness (QED) is 0.771. The number of carbonyl (C=O) groups is 1. The van der Waals surface area contributed by atoms with Crippen molar-refractivity contribution in [1.29, 1.82) is 0 Å². The smallest absolute Gasteiger partial charge is 0.251 e. The number of sulfonamides is 1. The molecule has 0 aromatic heterocycles. The van der Waals surface area contributed by atoms with Gasteiger partial charge in [0.1, 0.15) is 0 Å². The number of rotatable bonds is 7. The highest BCUT2D eigenvalue weighted by Crippen LogP contribution is 2.18. The van der Waals surface area contributed by atoms with Crippen LogP contribution in [0.25, 0.3) is 0 Å². The zero-order valence-electron chi connectivity index (χ0n) is 16.5. The Morgan fingerprint density at radius 2 is 1.57 bits per heavy atom. The zero-order valence-corrected chi connectivity index (χ0v) is 17.3. The van der Waals surface area contributed by atoms with E-state index in [2.05, 4.69) is 24.4 Å².